The van der Waals surface area contributed by atoms with Crippen LogP contribution in [0.3, 0.4) is 0 Å². The van der Waals surface area contributed by atoms with E-state index in [1.807, 2.05) is 18.2 Å². The van der Waals surface area contributed by atoms with Crippen LogP contribution in [0.1, 0.15) is 18.4 Å². The van der Waals surface area contributed by atoms with Gasteiger partial charge in [0.15, 0.2) is 0 Å². The van der Waals surface area contributed by atoms with Crippen LogP contribution in [0.15, 0.2) is 24.3 Å². The summed E-state index contributed by atoms with van der Waals surface area (Å²) in [5.74, 6) is 0.136. The molecule has 0 amide bonds. The maximum atomic E-state index is 11.9. The van der Waals surface area contributed by atoms with E-state index in [0.717, 1.165) is 24.9 Å². The first-order valence-electron chi connectivity index (χ1n) is 6.01. The monoisotopic (exact) mass is 288 g/mol. The SMILES string of the molecule is O=S(=O)(CC1CCCN1)NCc1ccccc1Cl. The zero-order chi connectivity index (χ0) is 13.0. The van der Waals surface area contributed by atoms with E-state index in [4.69, 9.17) is 11.6 Å². The number of halogens is 1. The molecule has 4 nitrogen and oxygen atoms in total. The van der Waals surface area contributed by atoms with Crippen molar-refractivity contribution >= 4 is 21.6 Å². The normalized spacial score (nSPS) is 20.2. The van der Waals surface area contributed by atoms with Crippen LogP contribution in [0.4, 0.5) is 0 Å². The van der Waals surface area contributed by atoms with Gasteiger partial charge in [0, 0.05) is 17.6 Å². The Bertz CT molecular complexity index is 499. The Labute approximate surface area is 113 Å². The Morgan fingerprint density at radius 2 is 2.17 bits per heavy atom. The van der Waals surface area contributed by atoms with Gasteiger partial charge in [-0.2, -0.15) is 0 Å². The van der Waals surface area contributed by atoms with E-state index < -0.39 is 10.0 Å². The summed E-state index contributed by atoms with van der Waals surface area (Å²) < 4.78 is 26.3. The van der Waals surface area contributed by atoms with Crippen LogP contribution in [0.25, 0.3) is 0 Å². The van der Waals surface area contributed by atoms with Gasteiger partial charge in [0.05, 0.1) is 5.75 Å². The van der Waals surface area contributed by atoms with Gasteiger partial charge in [-0.3, -0.25) is 0 Å². The molecule has 0 radical (unpaired) electrons. The zero-order valence-corrected chi connectivity index (χ0v) is 11.6. The molecule has 18 heavy (non-hydrogen) atoms. The first kappa shape index (κ1) is 13.8. The van der Waals surface area contributed by atoms with Gasteiger partial charge >= 0.3 is 0 Å². The number of benzene rings is 1. The lowest BCUT2D eigenvalue weighted by atomic mass is 10.2. The van der Waals surface area contributed by atoms with Gasteiger partial charge in [0.25, 0.3) is 0 Å². The molecule has 1 aromatic rings. The molecule has 1 heterocycles. The van der Waals surface area contributed by atoms with Crippen LogP contribution in [0.2, 0.25) is 5.02 Å². The fraction of sp³-hybridized carbons (Fsp3) is 0.500. The Kier molecular flexibility index (Phi) is 4.61. The second kappa shape index (κ2) is 6.02. The highest BCUT2D eigenvalue weighted by Crippen LogP contribution is 2.15. The van der Waals surface area contributed by atoms with Crippen molar-refractivity contribution in [2.24, 2.45) is 0 Å². The van der Waals surface area contributed by atoms with E-state index in [1.54, 1.807) is 6.07 Å². The molecule has 2 rings (SSSR count). The van der Waals surface area contributed by atoms with Crippen molar-refractivity contribution in [3.63, 3.8) is 0 Å². The summed E-state index contributed by atoms with van der Waals surface area (Å²) in [5.41, 5.74) is 0.794. The molecule has 1 atom stereocenters. The molecule has 0 aliphatic carbocycles. The predicted octanol–water partition coefficient (Wildman–Crippen LogP) is 1.51. The zero-order valence-electron chi connectivity index (χ0n) is 10.0. The van der Waals surface area contributed by atoms with E-state index in [-0.39, 0.29) is 18.3 Å². The summed E-state index contributed by atoms with van der Waals surface area (Å²) in [7, 11) is -3.25. The molecule has 2 N–H and O–H groups in total. The van der Waals surface area contributed by atoms with Crippen LogP contribution in [-0.2, 0) is 16.6 Å². The van der Waals surface area contributed by atoms with Crippen LogP contribution in [-0.4, -0.2) is 26.8 Å². The fourth-order valence-electron chi connectivity index (χ4n) is 2.05. The molecule has 6 heteroatoms. The smallest absolute Gasteiger partial charge is 0.213 e. The lowest BCUT2D eigenvalue weighted by molar-refractivity contribution is 0.563. The molecule has 1 aromatic carbocycles. The van der Waals surface area contributed by atoms with E-state index in [0.29, 0.717) is 5.02 Å². The lowest BCUT2D eigenvalue weighted by Crippen LogP contribution is -2.36. The summed E-state index contributed by atoms with van der Waals surface area (Å²) in [6.45, 7) is 1.15. The molecule has 0 saturated carbocycles. The topological polar surface area (TPSA) is 58.2 Å². The molecule has 1 unspecified atom stereocenters. The minimum Gasteiger partial charge on any atom is -0.313 e. The number of sulfonamides is 1. The highest BCUT2D eigenvalue weighted by Gasteiger charge is 2.21. The molecule has 0 aromatic heterocycles. The van der Waals surface area contributed by atoms with Crippen molar-refractivity contribution < 1.29 is 8.42 Å². The Hall–Kier alpha value is -0.620. The van der Waals surface area contributed by atoms with Crippen molar-refractivity contribution in [3.8, 4) is 0 Å². The first-order valence-corrected chi connectivity index (χ1v) is 8.04. The Morgan fingerprint density at radius 3 is 2.83 bits per heavy atom. The maximum absolute atomic E-state index is 11.9. The fourth-order valence-corrected chi connectivity index (χ4v) is 3.56. The highest BCUT2D eigenvalue weighted by molar-refractivity contribution is 7.89. The second-order valence-electron chi connectivity index (χ2n) is 4.49. The van der Waals surface area contributed by atoms with Crippen LogP contribution < -0.4 is 10.0 Å². The number of hydrogen-bond donors (Lipinski definition) is 2. The number of nitrogens with one attached hydrogen (secondary N) is 2. The van der Waals surface area contributed by atoms with Gasteiger partial charge in [-0.05, 0) is 31.0 Å². The minimum absolute atomic E-state index is 0.0775. The number of rotatable bonds is 5. The largest absolute Gasteiger partial charge is 0.313 e. The molecule has 100 valence electrons. The van der Waals surface area contributed by atoms with Crippen LogP contribution in [0.5, 0.6) is 0 Å². The minimum atomic E-state index is -3.25. The lowest BCUT2D eigenvalue weighted by Gasteiger charge is -2.12. The van der Waals surface area contributed by atoms with Crippen molar-refractivity contribution in [2.45, 2.75) is 25.4 Å². The van der Waals surface area contributed by atoms with Gasteiger partial charge in [-0.15, -0.1) is 0 Å². The van der Waals surface area contributed by atoms with E-state index >= 15 is 0 Å². The van der Waals surface area contributed by atoms with Gasteiger partial charge in [0.1, 0.15) is 0 Å². The molecule has 1 aliphatic heterocycles. The van der Waals surface area contributed by atoms with Gasteiger partial charge in [-0.1, -0.05) is 29.8 Å². The predicted molar refractivity (Wildman–Crippen MR) is 73.1 cm³/mol. The summed E-state index contributed by atoms with van der Waals surface area (Å²) in [6.07, 6.45) is 1.97. The third-order valence-corrected chi connectivity index (χ3v) is 4.82. The van der Waals surface area contributed by atoms with Gasteiger partial charge in [0.2, 0.25) is 10.0 Å². The molecule has 1 aliphatic rings. The number of hydrogen-bond acceptors (Lipinski definition) is 3. The molecule has 0 bridgehead atoms. The third kappa shape index (κ3) is 3.95. The highest BCUT2D eigenvalue weighted by atomic mass is 35.5. The molecular formula is C12H17ClN2O2S. The summed E-state index contributed by atoms with van der Waals surface area (Å²) in [5, 5.41) is 3.76. The van der Waals surface area contributed by atoms with Crippen molar-refractivity contribution in [2.75, 3.05) is 12.3 Å². The molecule has 1 saturated heterocycles. The van der Waals surface area contributed by atoms with E-state index in [1.165, 1.54) is 0 Å². The quantitative estimate of drug-likeness (QED) is 0.863. The summed E-state index contributed by atoms with van der Waals surface area (Å²) in [6, 6.07) is 7.31. The average molecular weight is 289 g/mol. The van der Waals surface area contributed by atoms with Crippen molar-refractivity contribution in [1.29, 1.82) is 0 Å². The third-order valence-electron chi connectivity index (χ3n) is 3.02. The molecule has 1 fully saturated rings. The van der Waals surface area contributed by atoms with E-state index in [2.05, 4.69) is 10.0 Å². The molecule has 0 spiro atoms. The first-order chi connectivity index (χ1) is 8.57. The van der Waals surface area contributed by atoms with Crippen LogP contribution >= 0.6 is 11.6 Å². The summed E-state index contributed by atoms with van der Waals surface area (Å²) in [4.78, 5) is 0. The van der Waals surface area contributed by atoms with E-state index in [9.17, 15) is 8.42 Å². The second-order valence-corrected chi connectivity index (χ2v) is 6.75. The van der Waals surface area contributed by atoms with Crippen LogP contribution in [0, 0.1) is 0 Å². The Morgan fingerprint density at radius 1 is 1.39 bits per heavy atom. The van der Waals surface area contributed by atoms with Gasteiger partial charge in [-0.25, -0.2) is 13.1 Å². The average Bonchev–Trinajstić information content (AvgIpc) is 2.80. The van der Waals surface area contributed by atoms with Crippen molar-refractivity contribution in [3.05, 3.63) is 34.9 Å². The molecular weight excluding hydrogens is 272 g/mol. The Balaban J connectivity index is 1.90. The maximum Gasteiger partial charge on any atom is 0.213 e. The standard InChI is InChI=1S/C12H17ClN2O2S/c13-12-6-2-1-4-10(12)8-15-18(16,17)9-11-5-3-7-14-11/h1-2,4,6,11,14-15H,3,5,7-9H2. The van der Waals surface area contributed by atoms with Crippen molar-refractivity contribution in [1.82, 2.24) is 10.0 Å². The van der Waals surface area contributed by atoms with Gasteiger partial charge < -0.3 is 5.32 Å². The summed E-state index contributed by atoms with van der Waals surface area (Å²) >= 11 is 5.98.